The average molecular weight is 268 g/mol. The van der Waals surface area contributed by atoms with Crippen molar-refractivity contribution in [2.24, 2.45) is 5.73 Å². The van der Waals surface area contributed by atoms with Gasteiger partial charge in [-0.05, 0) is 25.5 Å². The number of rotatable bonds is 7. The van der Waals surface area contributed by atoms with Crippen LogP contribution in [0.5, 0.6) is 5.75 Å². The van der Waals surface area contributed by atoms with Crippen molar-refractivity contribution in [2.75, 3.05) is 11.9 Å². The van der Waals surface area contributed by atoms with Crippen molar-refractivity contribution in [3.63, 3.8) is 0 Å². The molecule has 0 saturated heterocycles. The SMILES string of the molecule is CCCC[C@H](N)C(=O)Nc1ccc(F)cc1OCC. The largest absolute Gasteiger partial charge is 0.492 e. The van der Waals surface area contributed by atoms with Crippen molar-refractivity contribution in [1.29, 1.82) is 0 Å². The second kappa shape index (κ2) is 7.74. The van der Waals surface area contributed by atoms with E-state index in [1.807, 2.05) is 6.92 Å². The van der Waals surface area contributed by atoms with Crippen molar-refractivity contribution < 1.29 is 13.9 Å². The Bertz CT molecular complexity index is 424. The lowest BCUT2D eigenvalue weighted by atomic mass is 10.1. The van der Waals surface area contributed by atoms with Crippen LogP contribution < -0.4 is 15.8 Å². The first-order chi connectivity index (χ1) is 9.08. The first-order valence-corrected chi connectivity index (χ1v) is 6.57. The minimum Gasteiger partial charge on any atom is -0.492 e. The van der Waals surface area contributed by atoms with Gasteiger partial charge in [0.15, 0.2) is 0 Å². The molecule has 0 unspecified atom stereocenters. The zero-order chi connectivity index (χ0) is 14.3. The molecule has 0 aromatic heterocycles. The number of unbranched alkanes of at least 4 members (excludes halogenated alkanes) is 1. The molecule has 19 heavy (non-hydrogen) atoms. The molecule has 1 atom stereocenters. The molecule has 5 heteroatoms. The maximum absolute atomic E-state index is 13.1. The van der Waals surface area contributed by atoms with E-state index in [0.29, 0.717) is 24.5 Å². The van der Waals surface area contributed by atoms with Gasteiger partial charge in [-0.3, -0.25) is 4.79 Å². The van der Waals surface area contributed by atoms with E-state index < -0.39 is 11.9 Å². The van der Waals surface area contributed by atoms with E-state index >= 15 is 0 Å². The lowest BCUT2D eigenvalue weighted by Gasteiger charge is -2.14. The van der Waals surface area contributed by atoms with E-state index in [2.05, 4.69) is 5.32 Å². The third-order valence-corrected chi connectivity index (χ3v) is 2.71. The van der Waals surface area contributed by atoms with Crippen LogP contribution >= 0.6 is 0 Å². The summed E-state index contributed by atoms with van der Waals surface area (Å²) >= 11 is 0. The van der Waals surface area contributed by atoms with Crippen LogP contribution in [-0.4, -0.2) is 18.6 Å². The Morgan fingerprint density at radius 2 is 2.21 bits per heavy atom. The van der Waals surface area contributed by atoms with Crippen molar-refractivity contribution in [2.45, 2.75) is 39.2 Å². The van der Waals surface area contributed by atoms with Crippen LogP contribution in [0.25, 0.3) is 0 Å². The smallest absolute Gasteiger partial charge is 0.241 e. The number of carbonyl (C=O) groups excluding carboxylic acids is 1. The zero-order valence-corrected chi connectivity index (χ0v) is 11.4. The van der Waals surface area contributed by atoms with Crippen molar-refractivity contribution in [3.8, 4) is 5.75 Å². The summed E-state index contributed by atoms with van der Waals surface area (Å²) in [5, 5.41) is 2.68. The molecule has 0 saturated carbocycles. The molecule has 0 fully saturated rings. The summed E-state index contributed by atoms with van der Waals surface area (Å²) < 4.78 is 18.4. The topological polar surface area (TPSA) is 64.4 Å². The van der Waals surface area contributed by atoms with Crippen LogP contribution in [0.15, 0.2) is 18.2 Å². The number of hydrogen-bond acceptors (Lipinski definition) is 3. The number of nitrogens with one attached hydrogen (secondary N) is 1. The molecule has 1 aromatic carbocycles. The molecule has 0 spiro atoms. The summed E-state index contributed by atoms with van der Waals surface area (Å²) in [5.41, 5.74) is 6.22. The van der Waals surface area contributed by atoms with Gasteiger partial charge in [0.2, 0.25) is 5.91 Å². The van der Waals surface area contributed by atoms with Crippen molar-refractivity contribution in [1.82, 2.24) is 0 Å². The zero-order valence-electron chi connectivity index (χ0n) is 11.4. The van der Waals surface area contributed by atoms with Gasteiger partial charge in [-0.25, -0.2) is 4.39 Å². The summed E-state index contributed by atoms with van der Waals surface area (Å²) in [6.07, 6.45) is 2.52. The number of amides is 1. The van der Waals surface area contributed by atoms with Gasteiger partial charge >= 0.3 is 0 Å². The van der Waals surface area contributed by atoms with Crippen LogP contribution in [0.2, 0.25) is 0 Å². The minimum atomic E-state index is -0.556. The average Bonchev–Trinajstić information content (AvgIpc) is 2.39. The van der Waals surface area contributed by atoms with Crippen LogP contribution in [0.1, 0.15) is 33.1 Å². The Labute approximate surface area is 113 Å². The van der Waals surface area contributed by atoms with Crippen LogP contribution in [0.4, 0.5) is 10.1 Å². The summed E-state index contributed by atoms with van der Waals surface area (Å²) in [4.78, 5) is 11.9. The van der Waals surface area contributed by atoms with E-state index in [9.17, 15) is 9.18 Å². The molecule has 0 aliphatic heterocycles. The summed E-state index contributed by atoms with van der Waals surface area (Å²) in [5.74, 6) is -0.365. The second-order valence-corrected chi connectivity index (χ2v) is 4.31. The lowest BCUT2D eigenvalue weighted by molar-refractivity contribution is -0.117. The molecular weight excluding hydrogens is 247 g/mol. The van der Waals surface area contributed by atoms with Crippen LogP contribution in [0, 0.1) is 5.82 Å². The fourth-order valence-corrected chi connectivity index (χ4v) is 1.65. The number of halogens is 1. The number of carbonyl (C=O) groups is 1. The van der Waals surface area contributed by atoms with E-state index in [-0.39, 0.29) is 5.91 Å². The molecule has 0 radical (unpaired) electrons. The molecule has 0 aliphatic carbocycles. The molecule has 4 nitrogen and oxygen atoms in total. The van der Waals surface area contributed by atoms with E-state index in [4.69, 9.17) is 10.5 Å². The van der Waals surface area contributed by atoms with Gasteiger partial charge in [0.25, 0.3) is 0 Å². The number of ether oxygens (including phenoxy) is 1. The highest BCUT2D eigenvalue weighted by molar-refractivity contribution is 5.95. The van der Waals surface area contributed by atoms with Gasteiger partial charge in [-0.1, -0.05) is 19.8 Å². The third kappa shape index (κ3) is 4.87. The van der Waals surface area contributed by atoms with Crippen molar-refractivity contribution >= 4 is 11.6 Å². The Kier molecular flexibility index (Phi) is 6.29. The van der Waals surface area contributed by atoms with E-state index in [0.717, 1.165) is 12.8 Å². The molecule has 1 aromatic rings. The van der Waals surface area contributed by atoms with Crippen LogP contribution in [-0.2, 0) is 4.79 Å². The molecule has 106 valence electrons. The van der Waals surface area contributed by atoms with Gasteiger partial charge < -0.3 is 15.8 Å². The Balaban J connectivity index is 2.72. The van der Waals surface area contributed by atoms with Crippen molar-refractivity contribution in [3.05, 3.63) is 24.0 Å². The Morgan fingerprint density at radius 1 is 1.47 bits per heavy atom. The standard InChI is InChI=1S/C14H21FN2O2/c1-3-5-6-11(16)14(18)17-12-8-7-10(15)9-13(12)19-4-2/h7-9,11H,3-6,16H2,1-2H3,(H,17,18)/t11-/m0/s1. The Morgan fingerprint density at radius 3 is 2.84 bits per heavy atom. The first-order valence-electron chi connectivity index (χ1n) is 6.57. The molecule has 1 amide bonds. The van der Waals surface area contributed by atoms with Gasteiger partial charge in [-0.15, -0.1) is 0 Å². The molecule has 3 N–H and O–H groups in total. The minimum absolute atomic E-state index is 0.277. The maximum atomic E-state index is 13.1. The highest BCUT2D eigenvalue weighted by Crippen LogP contribution is 2.25. The molecular formula is C14H21FN2O2. The number of hydrogen-bond donors (Lipinski definition) is 2. The highest BCUT2D eigenvalue weighted by atomic mass is 19.1. The molecule has 0 heterocycles. The monoisotopic (exact) mass is 268 g/mol. The Hall–Kier alpha value is -1.62. The predicted molar refractivity (Wildman–Crippen MR) is 73.7 cm³/mol. The van der Waals surface area contributed by atoms with E-state index in [1.165, 1.54) is 18.2 Å². The summed E-state index contributed by atoms with van der Waals surface area (Å²) in [6.45, 7) is 4.23. The highest BCUT2D eigenvalue weighted by Gasteiger charge is 2.15. The number of benzene rings is 1. The van der Waals surface area contributed by atoms with Gasteiger partial charge in [0.1, 0.15) is 11.6 Å². The second-order valence-electron chi connectivity index (χ2n) is 4.31. The van der Waals surface area contributed by atoms with E-state index in [1.54, 1.807) is 6.92 Å². The quantitative estimate of drug-likeness (QED) is 0.799. The molecule has 0 aliphatic rings. The maximum Gasteiger partial charge on any atom is 0.241 e. The number of nitrogens with two attached hydrogens (primary N) is 1. The third-order valence-electron chi connectivity index (χ3n) is 2.71. The lowest BCUT2D eigenvalue weighted by Crippen LogP contribution is -2.35. The van der Waals surface area contributed by atoms with Gasteiger partial charge in [-0.2, -0.15) is 0 Å². The van der Waals surface area contributed by atoms with Gasteiger partial charge in [0.05, 0.1) is 18.3 Å². The van der Waals surface area contributed by atoms with Crippen LogP contribution in [0.3, 0.4) is 0 Å². The normalized spacial score (nSPS) is 12.0. The van der Waals surface area contributed by atoms with Gasteiger partial charge in [0, 0.05) is 6.07 Å². The fourth-order valence-electron chi connectivity index (χ4n) is 1.65. The number of anilines is 1. The summed E-state index contributed by atoms with van der Waals surface area (Å²) in [7, 11) is 0. The molecule has 0 bridgehead atoms. The first kappa shape index (κ1) is 15.4. The summed E-state index contributed by atoms with van der Waals surface area (Å²) in [6, 6.07) is 3.44. The molecule has 1 rings (SSSR count). The predicted octanol–water partition coefficient (Wildman–Crippen LogP) is 2.68. The fraction of sp³-hybridized carbons (Fsp3) is 0.500.